The van der Waals surface area contributed by atoms with Gasteiger partial charge >= 0.3 is 5.97 Å². The molecule has 1 N–H and O–H groups in total. The normalized spacial score (nSPS) is 12.7. The number of esters is 1. The minimum atomic E-state index is -0.539. The summed E-state index contributed by atoms with van der Waals surface area (Å²) in [4.78, 5) is 12.3. The molecule has 4 heteroatoms. The molecule has 1 unspecified atom stereocenters. The molecule has 0 rings (SSSR count). The lowest BCUT2D eigenvalue weighted by Gasteiger charge is -2.16. The molecule has 0 bridgehead atoms. The molecular formula is C52H96O4. The Balaban J connectivity index is 3.43. The summed E-state index contributed by atoms with van der Waals surface area (Å²) < 4.78 is 11.2. The molecule has 0 amide bonds. The van der Waals surface area contributed by atoms with Gasteiger partial charge in [0.25, 0.3) is 0 Å². The van der Waals surface area contributed by atoms with Crippen molar-refractivity contribution in [3.8, 4) is 0 Å². The van der Waals surface area contributed by atoms with Crippen LogP contribution in [0.15, 0.2) is 48.6 Å². The summed E-state index contributed by atoms with van der Waals surface area (Å²) in [5.41, 5.74) is 0. The summed E-state index contributed by atoms with van der Waals surface area (Å²) in [7, 11) is 0. The minimum Gasteiger partial charge on any atom is -0.457 e. The van der Waals surface area contributed by atoms with E-state index in [2.05, 4.69) is 62.5 Å². The van der Waals surface area contributed by atoms with E-state index in [1.54, 1.807) is 0 Å². The topological polar surface area (TPSA) is 55.8 Å². The van der Waals surface area contributed by atoms with Crippen LogP contribution in [0, 0.1) is 0 Å². The summed E-state index contributed by atoms with van der Waals surface area (Å²) >= 11 is 0. The molecule has 1 atom stereocenters. The van der Waals surface area contributed by atoms with E-state index < -0.39 is 6.10 Å². The van der Waals surface area contributed by atoms with Gasteiger partial charge in [0, 0.05) is 13.0 Å². The average Bonchev–Trinajstić information content (AvgIpc) is 3.20. The smallest absolute Gasteiger partial charge is 0.306 e. The van der Waals surface area contributed by atoms with Gasteiger partial charge in [0.15, 0.2) is 0 Å². The van der Waals surface area contributed by atoms with Crippen LogP contribution in [0.5, 0.6) is 0 Å². The van der Waals surface area contributed by atoms with Crippen LogP contribution < -0.4 is 0 Å². The maximum absolute atomic E-state index is 12.3. The fourth-order valence-electron chi connectivity index (χ4n) is 7.15. The lowest BCUT2D eigenvalue weighted by Crippen LogP contribution is -2.27. The highest BCUT2D eigenvalue weighted by Crippen LogP contribution is 2.14. The fourth-order valence-corrected chi connectivity index (χ4v) is 7.15. The van der Waals surface area contributed by atoms with Gasteiger partial charge in [-0.25, -0.2) is 0 Å². The van der Waals surface area contributed by atoms with E-state index in [4.69, 9.17) is 9.47 Å². The predicted molar refractivity (Wildman–Crippen MR) is 247 cm³/mol. The first-order valence-corrected chi connectivity index (χ1v) is 24.7. The molecule has 0 aromatic heterocycles. The second kappa shape index (κ2) is 49.5. The zero-order valence-corrected chi connectivity index (χ0v) is 37.7. The Bertz CT molecular complexity index is 874. The van der Waals surface area contributed by atoms with Gasteiger partial charge in [-0.05, 0) is 77.0 Å². The summed E-state index contributed by atoms with van der Waals surface area (Å²) in [6.07, 6.45) is 64.8. The van der Waals surface area contributed by atoms with Crippen molar-refractivity contribution < 1.29 is 19.4 Å². The summed E-state index contributed by atoms with van der Waals surface area (Å²) in [6, 6.07) is 0. The molecule has 56 heavy (non-hydrogen) atoms. The maximum atomic E-state index is 12.3. The van der Waals surface area contributed by atoms with E-state index in [-0.39, 0.29) is 12.6 Å². The van der Waals surface area contributed by atoms with Crippen molar-refractivity contribution in [1.29, 1.82) is 0 Å². The van der Waals surface area contributed by atoms with Crippen molar-refractivity contribution in [3.05, 3.63) is 48.6 Å². The molecule has 0 fully saturated rings. The maximum Gasteiger partial charge on any atom is 0.306 e. The molecule has 0 spiro atoms. The molecule has 0 aliphatic heterocycles. The van der Waals surface area contributed by atoms with Crippen molar-refractivity contribution in [3.63, 3.8) is 0 Å². The van der Waals surface area contributed by atoms with Crippen LogP contribution in [-0.4, -0.2) is 37.0 Å². The number of unbranched alkanes of at least 4 members (excludes halogenated alkanes) is 30. The number of allylic oxidation sites excluding steroid dienone is 8. The van der Waals surface area contributed by atoms with Crippen LogP contribution in [0.1, 0.15) is 251 Å². The average molecular weight is 785 g/mol. The molecule has 0 aromatic rings. The molecule has 0 saturated heterocycles. The molecule has 328 valence electrons. The molecule has 0 heterocycles. The predicted octanol–water partition coefficient (Wildman–Crippen LogP) is 16.6. The number of aliphatic hydroxyl groups is 1. The number of ether oxygens (including phenoxy) is 2. The Morgan fingerprint density at radius 3 is 1.14 bits per heavy atom. The standard InChI is InChI=1S/C52H96O4/c1-3-5-7-9-11-13-15-17-19-21-23-24-25-26-27-28-29-31-33-35-37-39-41-43-45-47-52(54)56-51(49-53)50-55-48-46-44-42-40-38-36-34-32-30-22-20-18-16-14-12-10-8-6-4-2/h15,17,20-23,25-26,51,53H,3-14,16,18-19,24,27-50H2,1-2H3/b17-15-,22-20-,23-21-,26-25-. The Labute approximate surface area is 350 Å². The summed E-state index contributed by atoms with van der Waals surface area (Å²) in [6.45, 7) is 5.35. The second-order valence-corrected chi connectivity index (χ2v) is 16.5. The first-order chi connectivity index (χ1) is 27.7. The number of rotatable bonds is 46. The minimum absolute atomic E-state index is 0.174. The van der Waals surface area contributed by atoms with E-state index in [1.807, 2.05) is 0 Å². The van der Waals surface area contributed by atoms with E-state index >= 15 is 0 Å². The monoisotopic (exact) mass is 785 g/mol. The highest BCUT2D eigenvalue weighted by molar-refractivity contribution is 5.69. The Kier molecular flexibility index (Phi) is 48.0. The van der Waals surface area contributed by atoms with E-state index in [0.717, 1.165) is 32.1 Å². The Morgan fingerprint density at radius 1 is 0.429 bits per heavy atom. The number of aliphatic hydroxyl groups excluding tert-OH is 1. The first-order valence-electron chi connectivity index (χ1n) is 24.7. The highest BCUT2D eigenvalue weighted by Gasteiger charge is 2.13. The van der Waals surface area contributed by atoms with Gasteiger partial charge in [0.2, 0.25) is 0 Å². The first kappa shape index (κ1) is 54.3. The van der Waals surface area contributed by atoms with Gasteiger partial charge in [0.05, 0.1) is 13.2 Å². The fraction of sp³-hybridized carbons (Fsp3) is 0.827. The van der Waals surface area contributed by atoms with E-state index in [1.165, 1.54) is 199 Å². The molecule has 0 aliphatic rings. The second-order valence-electron chi connectivity index (χ2n) is 16.5. The van der Waals surface area contributed by atoms with Gasteiger partial charge in [0.1, 0.15) is 6.10 Å². The quantitative estimate of drug-likeness (QED) is 0.0379. The van der Waals surface area contributed by atoms with Crippen LogP contribution in [0.4, 0.5) is 0 Å². The van der Waals surface area contributed by atoms with Crippen LogP contribution in [0.3, 0.4) is 0 Å². The Hall–Kier alpha value is -1.65. The van der Waals surface area contributed by atoms with Crippen molar-refractivity contribution in [1.82, 2.24) is 0 Å². The molecule has 0 aliphatic carbocycles. The van der Waals surface area contributed by atoms with Gasteiger partial charge in [-0.2, -0.15) is 0 Å². The zero-order chi connectivity index (χ0) is 40.5. The number of carbonyl (C=O) groups excluding carboxylic acids is 1. The summed E-state index contributed by atoms with van der Waals surface area (Å²) in [5.74, 6) is -0.204. The van der Waals surface area contributed by atoms with E-state index in [9.17, 15) is 9.90 Å². The molecule has 0 aromatic carbocycles. The summed E-state index contributed by atoms with van der Waals surface area (Å²) in [5, 5.41) is 9.64. The van der Waals surface area contributed by atoms with Crippen LogP contribution in [0.25, 0.3) is 0 Å². The van der Waals surface area contributed by atoms with Crippen molar-refractivity contribution in [2.45, 2.75) is 258 Å². The molecule has 0 saturated carbocycles. The largest absolute Gasteiger partial charge is 0.457 e. The molecule has 0 radical (unpaired) electrons. The van der Waals surface area contributed by atoms with Crippen molar-refractivity contribution in [2.75, 3.05) is 19.8 Å². The van der Waals surface area contributed by atoms with Gasteiger partial charge < -0.3 is 14.6 Å². The zero-order valence-electron chi connectivity index (χ0n) is 37.7. The van der Waals surface area contributed by atoms with Crippen LogP contribution >= 0.6 is 0 Å². The van der Waals surface area contributed by atoms with E-state index in [0.29, 0.717) is 19.6 Å². The van der Waals surface area contributed by atoms with Crippen LogP contribution in [0.2, 0.25) is 0 Å². The third-order valence-electron chi connectivity index (χ3n) is 10.9. The third kappa shape index (κ3) is 46.7. The molecule has 4 nitrogen and oxygen atoms in total. The van der Waals surface area contributed by atoms with Gasteiger partial charge in [-0.1, -0.05) is 217 Å². The lowest BCUT2D eigenvalue weighted by atomic mass is 10.0. The number of hydrogen-bond acceptors (Lipinski definition) is 4. The van der Waals surface area contributed by atoms with Crippen molar-refractivity contribution in [2.24, 2.45) is 0 Å². The van der Waals surface area contributed by atoms with Gasteiger partial charge in [-0.15, -0.1) is 0 Å². The third-order valence-corrected chi connectivity index (χ3v) is 10.9. The number of hydrogen-bond donors (Lipinski definition) is 1. The van der Waals surface area contributed by atoms with Gasteiger partial charge in [-0.3, -0.25) is 4.79 Å². The highest BCUT2D eigenvalue weighted by atomic mass is 16.6. The Morgan fingerprint density at radius 2 is 0.750 bits per heavy atom. The molecular weight excluding hydrogens is 689 g/mol. The van der Waals surface area contributed by atoms with Crippen LogP contribution in [-0.2, 0) is 14.3 Å². The van der Waals surface area contributed by atoms with Crippen molar-refractivity contribution >= 4 is 5.97 Å². The lowest BCUT2D eigenvalue weighted by molar-refractivity contribution is -0.154. The SMILES string of the molecule is CCCCCCC/C=C\C/C=C\C/C=C\CCCCCCCCCCCCC(=O)OC(CO)COCCCCCCCCCC/C=C\CCCCCCCCC. The number of carbonyl (C=O) groups is 1.